The van der Waals surface area contributed by atoms with Crippen LogP contribution in [0.4, 0.5) is 10.1 Å². The van der Waals surface area contributed by atoms with Gasteiger partial charge in [0.05, 0.1) is 11.6 Å². The number of alkyl halides is 1. The van der Waals surface area contributed by atoms with Crippen molar-refractivity contribution in [3.8, 4) is 0 Å². The first-order valence-electron chi connectivity index (χ1n) is 5.91. The van der Waals surface area contributed by atoms with Crippen LogP contribution in [-0.4, -0.2) is 15.0 Å². The molecular formula is C13H13ClFNO2S2. The minimum absolute atomic E-state index is 0.146. The summed E-state index contributed by atoms with van der Waals surface area (Å²) in [6.07, 6.45) is 0. The minimum Gasteiger partial charge on any atom is -0.267 e. The van der Waals surface area contributed by atoms with E-state index in [1.54, 1.807) is 18.4 Å². The second-order valence-corrected chi connectivity index (χ2v) is 7.09. The number of nitrogens with zero attached hydrogens (tertiary/aromatic N) is 1. The highest BCUT2D eigenvalue weighted by Crippen LogP contribution is 2.29. The Morgan fingerprint density at radius 1 is 1.25 bits per heavy atom. The lowest BCUT2D eigenvalue weighted by Gasteiger charge is -2.22. The lowest BCUT2D eigenvalue weighted by molar-refractivity contribution is 0.591. The van der Waals surface area contributed by atoms with Crippen LogP contribution in [0.1, 0.15) is 11.8 Å². The normalized spacial score (nSPS) is 11.6. The van der Waals surface area contributed by atoms with Gasteiger partial charge in [-0.15, -0.1) is 22.9 Å². The van der Waals surface area contributed by atoms with Gasteiger partial charge in [-0.3, -0.25) is 4.31 Å². The molecule has 0 atom stereocenters. The Balaban J connectivity index is 2.48. The van der Waals surface area contributed by atoms with E-state index in [0.717, 1.165) is 0 Å². The van der Waals surface area contributed by atoms with Gasteiger partial charge >= 0.3 is 0 Å². The third-order valence-electron chi connectivity index (χ3n) is 2.80. The van der Waals surface area contributed by atoms with E-state index in [0.29, 0.717) is 10.6 Å². The van der Waals surface area contributed by atoms with Gasteiger partial charge in [0.25, 0.3) is 10.0 Å². The molecule has 3 nitrogen and oxygen atoms in total. The Labute approximate surface area is 126 Å². The molecule has 7 heteroatoms. The maximum absolute atomic E-state index is 13.0. The van der Waals surface area contributed by atoms with Crippen molar-refractivity contribution in [2.75, 3.05) is 10.8 Å². The first-order chi connectivity index (χ1) is 9.50. The van der Waals surface area contributed by atoms with E-state index in [2.05, 4.69) is 0 Å². The van der Waals surface area contributed by atoms with Crippen LogP contribution in [0.15, 0.2) is 40.6 Å². The lowest BCUT2D eigenvalue weighted by atomic mass is 10.3. The van der Waals surface area contributed by atoms with Crippen molar-refractivity contribution in [1.82, 2.24) is 0 Å². The highest BCUT2D eigenvalue weighted by molar-refractivity contribution is 7.93. The summed E-state index contributed by atoms with van der Waals surface area (Å²) in [5.74, 6) is -0.258. The lowest BCUT2D eigenvalue weighted by Crippen LogP contribution is -2.31. The molecule has 1 aromatic heterocycles. The molecule has 0 aliphatic rings. The summed E-state index contributed by atoms with van der Waals surface area (Å²) in [5.41, 5.74) is 0.431. The highest BCUT2D eigenvalue weighted by Gasteiger charge is 2.26. The van der Waals surface area contributed by atoms with Crippen molar-refractivity contribution < 1.29 is 12.8 Å². The van der Waals surface area contributed by atoms with Gasteiger partial charge in [0.2, 0.25) is 0 Å². The molecule has 1 aromatic carbocycles. The predicted octanol–water partition coefficient (Wildman–Crippen LogP) is 3.84. The van der Waals surface area contributed by atoms with Crippen molar-refractivity contribution in [3.05, 3.63) is 46.4 Å². The summed E-state index contributed by atoms with van der Waals surface area (Å²) >= 11 is 7.08. The monoisotopic (exact) mass is 333 g/mol. The number of sulfonamides is 1. The standard InChI is InChI=1S/C13H13ClFNO2S2/c1-2-16(11-5-3-10(15)4-6-11)20(17,18)13-7-8-19-12(13)9-14/h3-8H,2,9H2,1H3. The topological polar surface area (TPSA) is 37.4 Å². The maximum atomic E-state index is 13.0. The molecule has 0 N–H and O–H groups in total. The highest BCUT2D eigenvalue weighted by atomic mass is 35.5. The summed E-state index contributed by atoms with van der Waals surface area (Å²) in [6, 6.07) is 6.92. The molecule has 0 saturated carbocycles. The third kappa shape index (κ3) is 2.82. The molecule has 0 amide bonds. The second kappa shape index (κ2) is 6.11. The molecule has 108 valence electrons. The molecule has 0 radical (unpaired) electrons. The number of hydrogen-bond acceptors (Lipinski definition) is 3. The number of halogens is 2. The Morgan fingerprint density at radius 2 is 1.90 bits per heavy atom. The van der Waals surface area contributed by atoms with E-state index >= 15 is 0 Å². The molecule has 0 saturated heterocycles. The zero-order chi connectivity index (χ0) is 14.8. The SMILES string of the molecule is CCN(c1ccc(F)cc1)S(=O)(=O)c1ccsc1CCl. The molecule has 1 heterocycles. The number of thiophene rings is 1. The number of rotatable bonds is 5. The van der Waals surface area contributed by atoms with Crippen LogP contribution < -0.4 is 4.31 Å². The molecule has 2 aromatic rings. The van der Waals surface area contributed by atoms with Crippen LogP contribution in [0.3, 0.4) is 0 Å². The maximum Gasteiger partial charge on any atom is 0.265 e. The molecule has 0 fully saturated rings. The molecule has 0 aliphatic carbocycles. The van der Waals surface area contributed by atoms with Gasteiger partial charge in [0.1, 0.15) is 10.7 Å². The quantitative estimate of drug-likeness (QED) is 0.780. The average molecular weight is 334 g/mol. The van der Waals surface area contributed by atoms with Crippen LogP contribution >= 0.6 is 22.9 Å². The summed E-state index contributed by atoms with van der Waals surface area (Å²) in [5, 5.41) is 1.70. The van der Waals surface area contributed by atoms with Gasteiger partial charge in [-0.05, 0) is 42.6 Å². The second-order valence-electron chi connectivity index (χ2n) is 3.99. The van der Waals surface area contributed by atoms with Crippen molar-refractivity contribution in [3.63, 3.8) is 0 Å². The summed E-state index contributed by atoms with van der Waals surface area (Å²) < 4.78 is 39.5. The number of anilines is 1. The molecular weight excluding hydrogens is 321 g/mol. The molecule has 0 aliphatic heterocycles. The van der Waals surface area contributed by atoms with Crippen LogP contribution in [0, 0.1) is 5.82 Å². The van der Waals surface area contributed by atoms with E-state index in [9.17, 15) is 12.8 Å². The third-order valence-corrected chi connectivity index (χ3v) is 6.26. The Morgan fingerprint density at radius 3 is 2.45 bits per heavy atom. The van der Waals surface area contributed by atoms with Crippen LogP contribution in [0.2, 0.25) is 0 Å². The van der Waals surface area contributed by atoms with Crippen molar-refractivity contribution in [1.29, 1.82) is 0 Å². The fraction of sp³-hybridized carbons (Fsp3) is 0.231. The minimum atomic E-state index is -3.68. The van der Waals surface area contributed by atoms with Gasteiger partial charge in [-0.25, -0.2) is 12.8 Å². The van der Waals surface area contributed by atoms with E-state index in [-0.39, 0.29) is 17.3 Å². The predicted molar refractivity (Wildman–Crippen MR) is 80.5 cm³/mol. The Bertz CT molecular complexity index is 683. The smallest absolute Gasteiger partial charge is 0.265 e. The van der Waals surface area contributed by atoms with Crippen LogP contribution in [0.25, 0.3) is 0 Å². The molecule has 0 spiro atoms. The van der Waals surface area contributed by atoms with Crippen LogP contribution in [0.5, 0.6) is 0 Å². The summed E-state index contributed by atoms with van der Waals surface area (Å²) in [6.45, 7) is 1.99. The summed E-state index contributed by atoms with van der Waals surface area (Å²) in [4.78, 5) is 0.816. The van der Waals surface area contributed by atoms with Gasteiger partial charge in [0, 0.05) is 11.4 Å². The average Bonchev–Trinajstić information content (AvgIpc) is 2.90. The molecule has 0 bridgehead atoms. The van der Waals surface area contributed by atoms with E-state index in [4.69, 9.17) is 11.6 Å². The number of benzene rings is 1. The molecule has 2 rings (SSSR count). The first-order valence-corrected chi connectivity index (χ1v) is 8.76. The Kier molecular flexibility index (Phi) is 4.67. The molecule has 0 unspecified atom stereocenters. The van der Waals surface area contributed by atoms with E-state index < -0.39 is 15.8 Å². The van der Waals surface area contributed by atoms with Crippen LogP contribution in [-0.2, 0) is 15.9 Å². The summed E-state index contributed by atoms with van der Waals surface area (Å²) in [7, 11) is -3.68. The van der Waals surface area contributed by atoms with Gasteiger partial charge < -0.3 is 0 Å². The van der Waals surface area contributed by atoms with Crippen molar-refractivity contribution >= 4 is 38.6 Å². The van der Waals surface area contributed by atoms with Gasteiger partial charge in [-0.1, -0.05) is 0 Å². The first kappa shape index (κ1) is 15.3. The van der Waals surface area contributed by atoms with Gasteiger partial charge in [0.15, 0.2) is 0 Å². The van der Waals surface area contributed by atoms with Crippen molar-refractivity contribution in [2.24, 2.45) is 0 Å². The Hall–Kier alpha value is -1.11. The molecule has 20 heavy (non-hydrogen) atoms. The van der Waals surface area contributed by atoms with E-state index in [1.807, 2.05) is 0 Å². The van der Waals surface area contributed by atoms with Crippen molar-refractivity contribution in [2.45, 2.75) is 17.7 Å². The number of hydrogen-bond donors (Lipinski definition) is 0. The van der Waals surface area contributed by atoms with Gasteiger partial charge in [-0.2, -0.15) is 0 Å². The van der Waals surface area contributed by atoms with E-state index in [1.165, 1.54) is 39.9 Å². The largest absolute Gasteiger partial charge is 0.267 e. The fourth-order valence-corrected chi connectivity index (χ4v) is 5.02. The zero-order valence-electron chi connectivity index (χ0n) is 10.7. The zero-order valence-corrected chi connectivity index (χ0v) is 13.1. The fourth-order valence-electron chi connectivity index (χ4n) is 1.87.